The summed E-state index contributed by atoms with van der Waals surface area (Å²) in [4.78, 5) is 0. The monoisotopic (exact) mass is 179 g/mol. The average Bonchev–Trinajstić information content (AvgIpc) is 2.76. The molecular weight excluding hydrogens is 158 g/mol. The molecule has 1 N–H and O–H groups in total. The van der Waals surface area contributed by atoms with Crippen molar-refractivity contribution in [1.29, 1.82) is 0 Å². The molecule has 0 heterocycles. The van der Waals surface area contributed by atoms with Crippen molar-refractivity contribution in [2.45, 2.75) is 57.4 Å². The molecular formula is C12H21N. The Morgan fingerprint density at radius 1 is 1.08 bits per heavy atom. The quantitative estimate of drug-likeness (QED) is 0.702. The van der Waals surface area contributed by atoms with Gasteiger partial charge in [0.15, 0.2) is 0 Å². The van der Waals surface area contributed by atoms with Crippen molar-refractivity contribution >= 4 is 0 Å². The molecule has 0 atom stereocenters. The molecule has 0 aromatic carbocycles. The minimum atomic E-state index is 0.857. The van der Waals surface area contributed by atoms with Gasteiger partial charge in [-0.05, 0) is 56.4 Å². The highest BCUT2D eigenvalue weighted by molar-refractivity contribution is 4.97. The Morgan fingerprint density at radius 2 is 1.77 bits per heavy atom. The molecule has 0 amide bonds. The molecule has 0 aromatic rings. The Labute approximate surface area is 81.3 Å². The fourth-order valence-electron chi connectivity index (χ4n) is 3.46. The Morgan fingerprint density at radius 3 is 2.38 bits per heavy atom. The first-order valence-corrected chi connectivity index (χ1v) is 6.10. The molecule has 3 rings (SSSR count). The molecule has 3 aliphatic rings. The second-order valence-electron chi connectivity index (χ2n) is 5.66. The van der Waals surface area contributed by atoms with E-state index in [-0.39, 0.29) is 0 Å². The summed E-state index contributed by atoms with van der Waals surface area (Å²) >= 11 is 0. The average molecular weight is 179 g/mol. The van der Waals surface area contributed by atoms with Crippen LogP contribution in [0.5, 0.6) is 0 Å². The van der Waals surface area contributed by atoms with Gasteiger partial charge < -0.3 is 5.32 Å². The van der Waals surface area contributed by atoms with Crippen molar-refractivity contribution in [1.82, 2.24) is 5.32 Å². The third kappa shape index (κ3) is 1.63. The van der Waals surface area contributed by atoms with Crippen molar-refractivity contribution in [3.8, 4) is 0 Å². The lowest BCUT2D eigenvalue weighted by molar-refractivity contribution is 0.0618. The first kappa shape index (κ1) is 8.28. The van der Waals surface area contributed by atoms with Gasteiger partial charge in [-0.3, -0.25) is 0 Å². The molecule has 1 spiro atoms. The zero-order valence-electron chi connectivity index (χ0n) is 8.52. The van der Waals surface area contributed by atoms with Crippen molar-refractivity contribution in [2.75, 3.05) is 6.54 Å². The van der Waals surface area contributed by atoms with E-state index >= 15 is 0 Å². The highest BCUT2D eigenvalue weighted by Crippen LogP contribution is 2.55. The molecule has 1 nitrogen and oxygen atoms in total. The van der Waals surface area contributed by atoms with Crippen molar-refractivity contribution in [3.63, 3.8) is 0 Å². The van der Waals surface area contributed by atoms with Crippen LogP contribution < -0.4 is 5.32 Å². The van der Waals surface area contributed by atoms with E-state index in [4.69, 9.17) is 0 Å². The van der Waals surface area contributed by atoms with Crippen LogP contribution in [0.4, 0.5) is 0 Å². The van der Waals surface area contributed by atoms with Crippen LogP contribution in [0, 0.1) is 11.3 Å². The van der Waals surface area contributed by atoms with E-state index in [1.165, 1.54) is 32.2 Å². The van der Waals surface area contributed by atoms with Gasteiger partial charge in [-0.1, -0.05) is 12.8 Å². The van der Waals surface area contributed by atoms with E-state index in [0.29, 0.717) is 0 Å². The van der Waals surface area contributed by atoms with E-state index in [2.05, 4.69) is 5.32 Å². The smallest absolute Gasteiger partial charge is 0.00683 e. The Kier molecular flexibility index (Phi) is 1.90. The molecule has 0 aromatic heterocycles. The van der Waals surface area contributed by atoms with Crippen LogP contribution in [0.1, 0.15) is 51.4 Å². The molecule has 3 saturated carbocycles. The van der Waals surface area contributed by atoms with Gasteiger partial charge in [0.1, 0.15) is 0 Å². The van der Waals surface area contributed by atoms with E-state index in [1.807, 2.05) is 0 Å². The molecule has 1 heteroatoms. The van der Waals surface area contributed by atoms with Gasteiger partial charge >= 0.3 is 0 Å². The maximum absolute atomic E-state index is 3.66. The lowest BCUT2D eigenvalue weighted by atomic mass is 9.61. The molecule has 0 aliphatic heterocycles. The van der Waals surface area contributed by atoms with Gasteiger partial charge in [0, 0.05) is 6.04 Å². The van der Waals surface area contributed by atoms with Crippen LogP contribution in [0.15, 0.2) is 0 Å². The summed E-state index contributed by atoms with van der Waals surface area (Å²) in [6.07, 6.45) is 12.1. The molecule has 0 saturated heterocycles. The van der Waals surface area contributed by atoms with Crippen LogP contribution in [-0.4, -0.2) is 12.6 Å². The summed E-state index contributed by atoms with van der Waals surface area (Å²) < 4.78 is 0. The maximum Gasteiger partial charge on any atom is 0.00683 e. The van der Waals surface area contributed by atoms with Crippen molar-refractivity contribution in [3.05, 3.63) is 0 Å². The van der Waals surface area contributed by atoms with E-state index < -0.39 is 0 Å². The Hall–Kier alpha value is -0.0400. The summed E-state index contributed by atoms with van der Waals surface area (Å²) in [5.41, 5.74) is 0.857. The first-order valence-electron chi connectivity index (χ1n) is 6.10. The second kappa shape index (κ2) is 2.98. The molecule has 0 bridgehead atoms. The second-order valence-corrected chi connectivity index (χ2v) is 5.66. The van der Waals surface area contributed by atoms with Crippen LogP contribution in [0.25, 0.3) is 0 Å². The maximum atomic E-state index is 3.66. The molecule has 3 fully saturated rings. The number of hydrogen-bond acceptors (Lipinski definition) is 1. The van der Waals surface area contributed by atoms with Gasteiger partial charge in [-0.25, -0.2) is 0 Å². The summed E-state index contributed by atoms with van der Waals surface area (Å²) in [5.74, 6) is 1.04. The highest BCUT2D eigenvalue weighted by Gasteiger charge is 2.45. The molecule has 3 aliphatic carbocycles. The zero-order chi connectivity index (χ0) is 8.73. The minimum Gasteiger partial charge on any atom is -0.314 e. The van der Waals surface area contributed by atoms with Crippen molar-refractivity contribution in [2.24, 2.45) is 11.3 Å². The van der Waals surface area contributed by atoms with Crippen molar-refractivity contribution < 1.29 is 0 Å². The Bertz CT molecular complexity index is 181. The third-order valence-corrected chi connectivity index (χ3v) is 4.38. The fraction of sp³-hybridized carbons (Fsp3) is 1.00. The fourth-order valence-corrected chi connectivity index (χ4v) is 3.46. The van der Waals surface area contributed by atoms with E-state index in [0.717, 1.165) is 17.4 Å². The lowest BCUT2D eigenvalue weighted by Crippen LogP contribution is -2.40. The van der Waals surface area contributed by atoms with Crippen LogP contribution in [0.3, 0.4) is 0 Å². The topological polar surface area (TPSA) is 12.0 Å². The zero-order valence-corrected chi connectivity index (χ0v) is 8.52. The Balaban J connectivity index is 1.40. The van der Waals surface area contributed by atoms with Crippen LogP contribution in [-0.2, 0) is 0 Å². The molecule has 0 unspecified atom stereocenters. The third-order valence-electron chi connectivity index (χ3n) is 4.38. The number of rotatable bonds is 3. The largest absolute Gasteiger partial charge is 0.314 e. The standard InChI is InChI=1S/C12H21N/c1-2-6-12(5-1)7-10(8-12)9-13-11-3-4-11/h10-11,13H,1-9H2. The lowest BCUT2D eigenvalue weighted by Gasteiger charge is -2.45. The van der Waals surface area contributed by atoms with Gasteiger partial charge in [-0.2, -0.15) is 0 Å². The van der Waals surface area contributed by atoms with Gasteiger partial charge in [-0.15, -0.1) is 0 Å². The van der Waals surface area contributed by atoms with E-state index in [9.17, 15) is 0 Å². The first-order chi connectivity index (χ1) is 6.36. The summed E-state index contributed by atoms with van der Waals surface area (Å²) in [6, 6.07) is 0.917. The number of nitrogens with one attached hydrogen (secondary N) is 1. The van der Waals surface area contributed by atoms with Crippen LogP contribution >= 0.6 is 0 Å². The highest BCUT2D eigenvalue weighted by atomic mass is 14.9. The molecule has 74 valence electrons. The van der Waals surface area contributed by atoms with Gasteiger partial charge in [0.2, 0.25) is 0 Å². The normalized spacial score (nSPS) is 32.3. The summed E-state index contributed by atoms with van der Waals surface area (Å²) in [6.45, 7) is 1.33. The minimum absolute atomic E-state index is 0.857. The number of hydrogen-bond donors (Lipinski definition) is 1. The summed E-state index contributed by atoms with van der Waals surface area (Å²) in [7, 11) is 0. The molecule has 13 heavy (non-hydrogen) atoms. The van der Waals surface area contributed by atoms with Crippen LogP contribution in [0.2, 0.25) is 0 Å². The summed E-state index contributed by atoms with van der Waals surface area (Å²) in [5, 5.41) is 3.66. The van der Waals surface area contributed by atoms with Gasteiger partial charge in [0.25, 0.3) is 0 Å². The SMILES string of the molecule is C1CCC2(C1)CC(CNC1CC1)C2. The van der Waals surface area contributed by atoms with Gasteiger partial charge in [0.05, 0.1) is 0 Å². The molecule has 0 radical (unpaired) electrons. The predicted molar refractivity (Wildman–Crippen MR) is 54.6 cm³/mol. The van der Waals surface area contributed by atoms with E-state index in [1.54, 1.807) is 25.7 Å². The predicted octanol–water partition coefficient (Wildman–Crippen LogP) is 2.71.